The highest BCUT2D eigenvalue weighted by molar-refractivity contribution is 5.82. The third-order valence-electron chi connectivity index (χ3n) is 3.16. The lowest BCUT2D eigenvalue weighted by Crippen LogP contribution is -2.40. The first kappa shape index (κ1) is 13.1. The molecule has 2 rings (SSSR count). The van der Waals surface area contributed by atoms with E-state index in [1.165, 1.54) is 12.1 Å². The van der Waals surface area contributed by atoms with Crippen LogP contribution in [0.5, 0.6) is 0 Å². The van der Waals surface area contributed by atoms with Gasteiger partial charge in [0, 0.05) is 18.0 Å². The molecule has 0 unspecified atom stereocenters. The topological polar surface area (TPSA) is 20.3 Å². The average Bonchev–Trinajstić information content (AvgIpc) is 3.10. The van der Waals surface area contributed by atoms with Gasteiger partial charge in [-0.2, -0.15) is 0 Å². The minimum Gasteiger partial charge on any atom is -0.335 e. The number of carbonyl (C=O) groups excluding carboxylic acids is 1. The van der Waals surface area contributed by atoms with Crippen LogP contribution in [0.15, 0.2) is 24.3 Å². The van der Waals surface area contributed by atoms with Gasteiger partial charge in [-0.15, -0.1) is 0 Å². The van der Waals surface area contributed by atoms with Gasteiger partial charge in [0.15, 0.2) is 0 Å². The van der Waals surface area contributed by atoms with E-state index in [9.17, 15) is 9.18 Å². The Morgan fingerprint density at radius 1 is 1.28 bits per heavy atom. The van der Waals surface area contributed by atoms with Crippen molar-refractivity contribution in [2.24, 2.45) is 5.41 Å². The maximum absolute atomic E-state index is 12.9. The average molecular weight is 249 g/mol. The molecule has 0 N–H and O–H groups in total. The number of carbonyl (C=O) groups is 1. The normalized spacial score (nSPS) is 15.6. The summed E-state index contributed by atoms with van der Waals surface area (Å²) in [6.07, 6.45) is 2.17. The number of nitrogens with zero attached hydrogens (tertiary/aromatic N) is 1. The number of amides is 1. The second-order valence-electron chi connectivity index (χ2n) is 6.04. The summed E-state index contributed by atoms with van der Waals surface area (Å²) >= 11 is 0. The Balaban J connectivity index is 2.12. The highest BCUT2D eigenvalue weighted by Gasteiger charge is 2.37. The van der Waals surface area contributed by atoms with Crippen molar-refractivity contribution in [3.63, 3.8) is 0 Å². The van der Waals surface area contributed by atoms with Gasteiger partial charge in [0.1, 0.15) is 5.82 Å². The Labute approximate surface area is 108 Å². The van der Waals surface area contributed by atoms with E-state index in [0.29, 0.717) is 12.6 Å². The molecule has 18 heavy (non-hydrogen) atoms. The van der Waals surface area contributed by atoms with Crippen molar-refractivity contribution in [2.75, 3.05) is 0 Å². The molecule has 3 heteroatoms. The van der Waals surface area contributed by atoms with Gasteiger partial charge in [-0.05, 0) is 30.5 Å². The summed E-state index contributed by atoms with van der Waals surface area (Å²) in [6, 6.07) is 6.77. The molecule has 0 heterocycles. The molecule has 1 saturated carbocycles. The zero-order valence-corrected chi connectivity index (χ0v) is 11.2. The van der Waals surface area contributed by atoms with Gasteiger partial charge in [0.2, 0.25) is 5.91 Å². The second kappa shape index (κ2) is 4.71. The van der Waals surface area contributed by atoms with E-state index in [0.717, 1.165) is 18.4 Å². The minimum atomic E-state index is -0.359. The molecule has 0 bridgehead atoms. The molecule has 0 saturated heterocycles. The number of halogens is 1. The van der Waals surface area contributed by atoms with Crippen LogP contribution in [0.25, 0.3) is 0 Å². The van der Waals surface area contributed by atoms with Gasteiger partial charge in [0.05, 0.1) is 0 Å². The SMILES string of the molecule is CC(C)(C)C(=O)N(Cc1ccc(F)cc1)C1CC1. The lowest BCUT2D eigenvalue weighted by Gasteiger charge is -2.29. The molecule has 2 nitrogen and oxygen atoms in total. The van der Waals surface area contributed by atoms with Crippen molar-refractivity contribution >= 4 is 5.91 Å². The molecule has 1 amide bonds. The minimum absolute atomic E-state index is 0.175. The van der Waals surface area contributed by atoms with Gasteiger partial charge in [-0.3, -0.25) is 4.79 Å². The molecule has 1 aliphatic rings. The van der Waals surface area contributed by atoms with E-state index in [-0.39, 0.29) is 17.1 Å². The van der Waals surface area contributed by atoms with Crippen LogP contribution in [-0.2, 0) is 11.3 Å². The van der Waals surface area contributed by atoms with E-state index >= 15 is 0 Å². The van der Waals surface area contributed by atoms with Crippen molar-refractivity contribution in [1.29, 1.82) is 0 Å². The molecule has 1 aromatic rings. The first-order valence-corrected chi connectivity index (χ1v) is 6.43. The molecule has 0 aromatic heterocycles. The van der Waals surface area contributed by atoms with Crippen LogP contribution in [-0.4, -0.2) is 16.8 Å². The summed E-state index contributed by atoms with van der Waals surface area (Å²) in [7, 11) is 0. The maximum atomic E-state index is 12.9. The van der Waals surface area contributed by atoms with Crippen molar-refractivity contribution in [3.8, 4) is 0 Å². The summed E-state index contributed by atoms with van der Waals surface area (Å²) in [5.74, 6) is -0.0619. The fourth-order valence-corrected chi connectivity index (χ4v) is 1.97. The summed E-state index contributed by atoms with van der Waals surface area (Å²) in [6.45, 7) is 6.40. The lowest BCUT2D eigenvalue weighted by atomic mass is 9.94. The molecule has 1 fully saturated rings. The zero-order chi connectivity index (χ0) is 13.3. The lowest BCUT2D eigenvalue weighted by molar-refractivity contribution is -0.140. The van der Waals surface area contributed by atoms with Crippen LogP contribution in [0.2, 0.25) is 0 Å². The van der Waals surface area contributed by atoms with Crippen molar-refractivity contribution in [2.45, 2.75) is 46.2 Å². The van der Waals surface area contributed by atoms with E-state index in [1.807, 2.05) is 25.7 Å². The second-order valence-corrected chi connectivity index (χ2v) is 6.04. The first-order valence-electron chi connectivity index (χ1n) is 6.43. The van der Waals surface area contributed by atoms with Crippen LogP contribution in [0.3, 0.4) is 0 Å². The third-order valence-corrected chi connectivity index (χ3v) is 3.16. The largest absolute Gasteiger partial charge is 0.335 e. The Bertz CT molecular complexity index is 429. The molecular formula is C15H20FNO. The van der Waals surface area contributed by atoms with E-state index < -0.39 is 0 Å². The standard InChI is InChI=1S/C15H20FNO/c1-15(2,3)14(18)17(13-8-9-13)10-11-4-6-12(16)7-5-11/h4-7,13H,8-10H2,1-3H3. The monoisotopic (exact) mass is 249 g/mol. The van der Waals surface area contributed by atoms with E-state index in [2.05, 4.69) is 0 Å². The molecular weight excluding hydrogens is 229 g/mol. The zero-order valence-electron chi connectivity index (χ0n) is 11.2. The first-order chi connectivity index (χ1) is 8.38. The van der Waals surface area contributed by atoms with E-state index in [4.69, 9.17) is 0 Å². The van der Waals surface area contributed by atoms with Gasteiger partial charge < -0.3 is 4.90 Å². The van der Waals surface area contributed by atoms with Gasteiger partial charge in [-0.25, -0.2) is 4.39 Å². The Morgan fingerprint density at radius 2 is 1.83 bits per heavy atom. The fourth-order valence-electron chi connectivity index (χ4n) is 1.97. The van der Waals surface area contributed by atoms with Crippen LogP contribution < -0.4 is 0 Å². The van der Waals surface area contributed by atoms with Gasteiger partial charge >= 0.3 is 0 Å². The molecule has 1 aromatic carbocycles. The number of hydrogen-bond donors (Lipinski definition) is 0. The Hall–Kier alpha value is -1.38. The summed E-state index contributed by atoms with van der Waals surface area (Å²) in [4.78, 5) is 14.3. The van der Waals surface area contributed by atoms with Gasteiger partial charge in [-0.1, -0.05) is 32.9 Å². The molecule has 98 valence electrons. The quantitative estimate of drug-likeness (QED) is 0.804. The fraction of sp³-hybridized carbons (Fsp3) is 0.533. The van der Waals surface area contributed by atoms with Crippen LogP contribution >= 0.6 is 0 Å². The molecule has 0 aliphatic heterocycles. The maximum Gasteiger partial charge on any atom is 0.228 e. The summed E-state index contributed by atoms with van der Waals surface area (Å²) in [5, 5.41) is 0. The molecule has 1 aliphatic carbocycles. The predicted octanol–water partition coefficient (Wildman–Crippen LogP) is 3.36. The van der Waals surface area contributed by atoms with Crippen LogP contribution in [0, 0.1) is 11.2 Å². The predicted molar refractivity (Wildman–Crippen MR) is 69.4 cm³/mol. The van der Waals surface area contributed by atoms with Crippen molar-refractivity contribution in [3.05, 3.63) is 35.6 Å². The number of rotatable bonds is 3. The highest BCUT2D eigenvalue weighted by atomic mass is 19.1. The Kier molecular flexibility index (Phi) is 3.42. The van der Waals surface area contributed by atoms with Crippen LogP contribution in [0.4, 0.5) is 4.39 Å². The number of benzene rings is 1. The summed E-state index contributed by atoms with van der Waals surface area (Å²) < 4.78 is 12.9. The Morgan fingerprint density at radius 3 is 2.28 bits per heavy atom. The summed E-state index contributed by atoms with van der Waals surface area (Å²) in [5.41, 5.74) is 0.628. The smallest absolute Gasteiger partial charge is 0.228 e. The number of hydrogen-bond acceptors (Lipinski definition) is 1. The highest BCUT2D eigenvalue weighted by Crippen LogP contribution is 2.32. The van der Waals surface area contributed by atoms with Crippen molar-refractivity contribution < 1.29 is 9.18 Å². The van der Waals surface area contributed by atoms with Crippen molar-refractivity contribution in [1.82, 2.24) is 4.90 Å². The van der Waals surface area contributed by atoms with Gasteiger partial charge in [0.25, 0.3) is 0 Å². The molecule has 0 atom stereocenters. The van der Waals surface area contributed by atoms with E-state index in [1.54, 1.807) is 12.1 Å². The third kappa shape index (κ3) is 3.09. The molecule has 0 radical (unpaired) electrons. The van der Waals surface area contributed by atoms with Crippen LogP contribution in [0.1, 0.15) is 39.2 Å². The molecule has 0 spiro atoms.